The van der Waals surface area contributed by atoms with Gasteiger partial charge in [0.15, 0.2) is 0 Å². The monoisotopic (exact) mass is 488 g/mol. The second-order valence-electron chi connectivity index (χ2n) is 8.78. The average Bonchev–Trinajstić information content (AvgIpc) is 2.80. The average molecular weight is 489 g/mol. The fourth-order valence-corrected chi connectivity index (χ4v) is 4.70. The third kappa shape index (κ3) is 4.67. The smallest absolute Gasteiger partial charge is 0.321 e. The van der Waals surface area contributed by atoms with Gasteiger partial charge in [0, 0.05) is 40.5 Å². The maximum atomic E-state index is 14.7. The molecule has 2 aliphatic rings. The van der Waals surface area contributed by atoms with Crippen LogP contribution in [0.2, 0.25) is 5.02 Å². The molecule has 1 N–H and O–H groups in total. The molecule has 0 spiro atoms. The summed E-state index contributed by atoms with van der Waals surface area (Å²) in [5.41, 5.74) is 3.77. The third-order valence-corrected chi connectivity index (χ3v) is 6.48. The van der Waals surface area contributed by atoms with Crippen LogP contribution >= 0.6 is 11.6 Å². The number of aliphatic imine (C=N–C) groups is 1. The van der Waals surface area contributed by atoms with Gasteiger partial charge < -0.3 is 10.2 Å². The van der Waals surface area contributed by atoms with Gasteiger partial charge in [0.05, 0.1) is 17.4 Å². The van der Waals surface area contributed by atoms with Crippen molar-refractivity contribution in [2.24, 2.45) is 4.99 Å². The number of halogens is 4. The quantitative estimate of drug-likeness (QED) is 0.438. The number of anilines is 1. The number of rotatable bonds is 5. The van der Waals surface area contributed by atoms with Gasteiger partial charge >= 0.3 is 6.55 Å². The molecule has 0 aliphatic carbocycles. The van der Waals surface area contributed by atoms with Crippen molar-refractivity contribution in [2.75, 3.05) is 18.4 Å². The Labute approximate surface area is 203 Å². The molecule has 0 radical (unpaired) electrons. The summed E-state index contributed by atoms with van der Waals surface area (Å²) in [5, 5.41) is 3.98. The molecule has 2 aliphatic heterocycles. The van der Waals surface area contributed by atoms with E-state index in [-0.39, 0.29) is 23.3 Å². The standard InChI is InChI=1S/C26H28ClF3N4/c1-15(2)20-12-18(27)8-9-23(20)31-16(3)21-13-19(28)14-22-17(4)34(25(29)30)26(32-24(21)22)33-10-6-5-7-11-33/h8-9,12-14,16,25,31H,1,4-7,10-11H2,2-3H3. The van der Waals surface area contributed by atoms with E-state index >= 15 is 0 Å². The van der Waals surface area contributed by atoms with Crippen LogP contribution in [-0.2, 0) is 0 Å². The molecule has 34 heavy (non-hydrogen) atoms. The highest BCUT2D eigenvalue weighted by Gasteiger charge is 2.35. The van der Waals surface area contributed by atoms with Gasteiger partial charge in [0.2, 0.25) is 5.96 Å². The summed E-state index contributed by atoms with van der Waals surface area (Å²) in [5.74, 6) is -0.369. The van der Waals surface area contributed by atoms with Crippen molar-refractivity contribution in [1.29, 1.82) is 0 Å². The van der Waals surface area contributed by atoms with Crippen LogP contribution in [0, 0.1) is 5.82 Å². The fourth-order valence-electron chi connectivity index (χ4n) is 4.53. The fraction of sp³-hybridized carbons (Fsp3) is 0.346. The topological polar surface area (TPSA) is 30.9 Å². The highest BCUT2D eigenvalue weighted by molar-refractivity contribution is 6.30. The summed E-state index contributed by atoms with van der Waals surface area (Å²) >= 11 is 6.16. The molecule has 2 aromatic carbocycles. The number of nitrogens with one attached hydrogen (secondary N) is 1. The molecule has 4 rings (SSSR count). The molecule has 2 aromatic rings. The van der Waals surface area contributed by atoms with Crippen molar-refractivity contribution in [2.45, 2.75) is 45.7 Å². The number of alkyl halides is 2. The maximum absolute atomic E-state index is 14.7. The van der Waals surface area contributed by atoms with Gasteiger partial charge in [0.1, 0.15) is 5.82 Å². The van der Waals surface area contributed by atoms with E-state index < -0.39 is 12.4 Å². The van der Waals surface area contributed by atoms with Crippen molar-refractivity contribution in [3.63, 3.8) is 0 Å². The Hall–Kier alpha value is -2.93. The first-order chi connectivity index (χ1) is 16.2. The molecule has 8 heteroatoms. The Morgan fingerprint density at radius 3 is 2.50 bits per heavy atom. The minimum absolute atomic E-state index is 0.0441. The van der Waals surface area contributed by atoms with Crippen LogP contribution in [0.25, 0.3) is 11.3 Å². The number of allylic oxidation sites excluding steroid dienone is 1. The number of guanidine groups is 1. The molecule has 1 atom stereocenters. The zero-order chi connectivity index (χ0) is 24.6. The molecular formula is C26H28ClF3N4. The summed E-state index contributed by atoms with van der Waals surface area (Å²) in [6, 6.07) is 7.65. The first-order valence-electron chi connectivity index (χ1n) is 11.3. The number of piperidine rings is 1. The van der Waals surface area contributed by atoms with E-state index in [1.54, 1.807) is 6.07 Å². The summed E-state index contributed by atoms with van der Waals surface area (Å²) in [4.78, 5) is 7.36. The Kier molecular flexibility index (Phi) is 6.94. The lowest BCUT2D eigenvalue weighted by molar-refractivity contribution is 0.0465. The van der Waals surface area contributed by atoms with Gasteiger partial charge in [-0.1, -0.05) is 24.8 Å². The molecule has 1 fully saturated rings. The predicted molar refractivity (Wildman–Crippen MR) is 134 cm³/mol. The van der Waals surface area contributed by atoms with Gasteiger partial charge in [-0.25, -0.2) is 9.38 Å². The number of nitrogens with zero attached hydrogens (tertiary/aromatic N) is 3. The molecule has 0 bridgehead atoms. The molecule has 0 saturated carbocycles. The molecule has 0 aromatic heterocycles. The molecule has 1 unspecified atom stereocenters. The predicted octanol–water partition coefficient (Wildman–Crippen LogP) is 7.67. The normalized spacial score (nSPS) is 16.9. The first-order valence-corrected chi connectivity index (χ1v) is 11.7. The Morgan fingerprint density at radius 2 is 1.85 bits per heavy atom. The van der Waals surface area contributed by atoms with Gasteiger partial charge in [-0.2, -0.15) is 8.78 Å². The molecule has 0 amide bonds. The van der Waals surface area contributed by atoms with Crippen LogP contribution in [0.1, 0.15) is 55.8 Å². The summed E-state index contributed by atoms with van der Waals surface area (Å²) in [7, 11) is 0. The lowest BCUT2D eigenvalue weighted by Gasteiger charge is -2.39. The number of hydrogen-bond donors (Lipinski definition) is 1. The van der Waals surface area contributed by atoms with E-state index in [1.165, 1.54) is 12.1 Å². The van der Waals surface area contributed by atoms with Gasteiger partial charge in [-0.15, -0.1) is 0 Å². The van der Waals surface area contributed by atoms with Crippen LogP contribution in [0.15, 0.2) is 48.5 Å². The Balaban J connectivity index is 1.79. The SMILES string of the molecule is C=C(C)c1cc(Cl)ccc1NC(C)c1cc(F)cc2c1N=C(N1CCCCC1)N(C(F)F)C2=C. The highest BCUT2D eigenvalue weighted by Crippen LogP contribution is 2.42. The molecular weight excluding hydrogens is 461 g/mol. The first kappa shape index (κ1) is 24.2. The van der Waals surface area contributed by atoms with E-state index in [2.05, 4.69) is 23.5 Å². The van der Waals surface area contributed by atoms with E-state index in [0.29, 0.717) is 29.4 Å². The van der Waals surface area contributed by atoms with Crippen molar-refractivity contribution in [3.8, 4) is 0 Å². The lowest BCUT2D eigenvalue weighted by atomic mass is 9.97. The molecule has 2 heterocycles. The highest BCUT2D eigenvalue weighted by atomic mass is 35.5. The summed E-state index contributed by atoms with van der Waals surface area (Å²) in [6.45, 7) is 10.1. The summed E-state index contributed by atoms with van der Waals surface area (Å²) < 4.78 is 42.9. The van der Waals surface area contributed by atoms with Gasteiger partial charge in [-0.05, 0) is 69.0 Å². The zero-order valence-electron chi connectivity index (χ0n) is 19.3. The van der Waals surface area contributed by atoms with Crippen molar-refractivity contribution in [3.05, 3.63) is 71.0 Å². The van der Waals surface area contributed by atoms with Crippen molar-refractivity contribution < 1.29 is 13.2 Å². The molecule has 1 saturated heterocycles. The second kappa shape index (κ2) is 9.74. The third-order valence-electron chi connectivity index (χ3n) is 6.25. The number of benzene rings is 2. The summed E-state index contributed by atoms with van der Waals surface area (Å²) in [6.07, 6.45) is 2.87. The van der Waals surface area contributed by atoms with Crippen LogP contribution in [0.4, 0.5) is 24.5 Å². The minimum Gasteiger partial charge on any atom is -0.378 e. The number of hydrogen-bond acceptors (Lipinski definition) is 4. The molecule has 180 valence electrons. The minimum atomic E-state index is -2.84. The van der Waals surface area contributed by atoms with Crippen molar-refractivity contribution >= 4 is 40.2 Å². The maximum Gasteiger partial charge on any atom is 0.321 e. The van der Waals surface area contributed by atoms with Crippen molar-refractivity contribution in [1.82, 2.24) is 9.80 Å². The Bertz CT molecular complexity index is 1150. The Morgan fingerprint density at radius 1 is 1.15 bits per heavy atom. The lowest BCUT2D eigenvalue weighted by Crippen LogP contribution is -2.48. The van der Waals surface area contributed by atoms with Crippen LogP contribution < -0.4 is 5.32 Å². The second-order valence-corrected chi connectivity index (χ2v) is 9.22. The van der Waals surface area contributed by atoms with Gasteiger partial charge in [-0.3, -0.25) is 4.90 Å². The van der Waals surface area contributed by atoms with Gasteiger partial charge in [0.25, 0.3) is 0 Å². The van der Waals surface area contributed by atoms with Crippen LogP contribution in [-0.4, -0.2) is 35.4 Å². The number of likely N-dealkylation sites (tertiary alicyclic amines) is 1. The van der Waals surface area contributed by atoms with E-state index in [4.69, 9.17) is 11.6 Å². The van der Waals surface area contributed by atoms with E-state index in [0.717, 1.165) is 41.0 Å². The van der Waals surface area contributed by atoms with E-state index in [1.807, 2.05) is 30.9 Å². The van der Waals surface area contributed by atoms with Crippen LogP contribution in [0.5, 0.6) is 0 Å². The van der Waals surface area contributed by atoms with Crippen LogP contribution in [0.3, 0.4) is 0 Å². The molecule has 4 nitrogen and oxygen atoms in total. The van der Waals surface area contributed by atoms with E-state index in [9.17, 15) is 13.2 Å². The number of fused-ring (bicyclic) bond motifs is 1. The largest absolute Gasteiger partial charge is 0.378 e. The zero-order valence-corrected chi connectivity index (χ0v) is 20.1.